The Kier molecular flexibility index (Phi) is 4.96. The highest BCUT2D eigenvalue weighted by Gasteiger charge is 2.33. The SMILES string of the molecule is CN(C(=O)C1CNC(=O)C1)C1CCN(Cc2ccccc2)CC1. The zero-order valence-corrected chi connectivity index (χ0v) is 13.7. The van der Waals surface area contributed by atoms with E-state index in [0.29, 0.717) is 19.0 Å². The topological polar surface area (TPSA) is 52.7 Å². The minimum Gasteiger partial charge on any atom is -0.355 e. The summed E-state index contributed by atoms with van der Waals surface area (Å²) in [6.07, 6.45) is 2.35. The number of amides is 2. The highest BCUT2D eigenvalue weighted by atomic mass is 16.2. The molecule has 1 unspecified atom stereocenters. The van der Waals surface area contributed by atoms with Crippen LogP contribution < -0.4 is 5.32 Å². The zero-order valence-electron chi connectivity index (χ0n) is 13.7. The summed E-state index contributed by atoms with van der Waals surface area (Å²) in [7, 11) is 1.89. The lowest BCUT2D eigenvalue weighted by molar-refractivity contribution is -0.137. The number of nitrogens with one attached hydrogen (secondary N) is 1. The van der Waals surface area contributed by atoms with Crippen LogP contribution in [0.25, 0.3) is 0 Å². The summed E-state index contributed by atoms with van der Waals surface area (Å²) in [4.78, 5) is 28.1. The molecule has 124 valence electrons. The number of likely N-dealkylation sites (tertiary alicyclic amines) is 1. The third-order valence-corrected chi connectivity index (χ3v) is 5.03. The Hall–Kier alpha value is -1.88. The summed E-state index contributed by atoms with van der Waals surface area (Å²) in [5.41, 5.74) is 1.34. The zero-order chi connectivity index (χ0) is 16.2. The smallest absolute Gasteiger partial charge is 0.227 e. The predicted molar refractivity (Wildman–Crippen MR) is 88.6 cm³/mol. The lowest BCUT2D eigenvalue weighted by Crippen LogP contribution is -2.47. The number of benzene rings is 1. The van der Waals surface area contributed by atoms with Gasteiger partial charge < -0.3 is 10.2 Å². The van der Waals surface area contributed by atoms with Gasteiger partial charge in [-0.25, -0.2) is 0 Å². The van der Waals surface area contributed by atoms with Crippen molar-refractivity contribution < 1.29 is 9.59 Å². The molecule has 1 N–H and O–H groups in total. The third kappa shape index (κ3) is 3.91. The molecule has 1 aromatic rings. The highest BCUT2D eigenvalue weighted by molar-refractivity contribution is 5.89. The van der Waals surface area contributed by atoms with Crippen LogP contribution in [-0.2, 0) is 16.1 Å². The van der Waals surface area contributed by atoms with Crippen molar-refractivity contribution in [2.24, 2.45) is 5.92 Å². The van der Waals surface area contributed by atoms with Crippen LogP contribution in [0, 0.1) is 5.92 Å². The van der Waals surface area contributed by atoms with E-state index in [1.807, 2.05) is 18.0 Å². The minimum absolute atomic E-state index is 0.00516. The molecular weight excluding hydrogens is 290 g/mol. The van der Waals surface area contributed by atoms with Crippen LogP contribution in [0.15, 0.2) is 30.3 Å². The molecule has 5 nitrogen and oxygen atoms in total. The second kappa shape index (κ2) is 7.13. The molecule has 2 aliphatic heterocycles. The molecule has 0 radical (unpaired) electrons. The van der Waals surface area contributed by atoms with E-state index in [0.717, 1.165) is 32.5 Å². The van der Waals surface area contributed by atoms with Crippen molar-refractivity contribution in [3.63, 3.8) is 0 Å². The Morgan fingerprint density at radius 3 is 2.57 bits per heavy atom. The lowest BCUT2D eigenvalue weighted by Gasteiger charge is -2.37. The van der Waals surface area contributed by atoms with E-state index >= 15 is 0 Å². The van der Waals surface area contributed by atoms with Crippen molar-refractivity contribution in [3.05, 3.63) is 35.9 Å². The third-order valence-electron chi connectivity index (χ3n) is 5.03. The first-order valence-corrected chi connectivity index (χ1v) is 8.43. The van der Waals surface area contributed by atoms with E-state index in [1.54, 1.807) is 0 Å². The van der Waals surface area contributed by atoms with E-state index in [4.69, 9.17) is 0 Å². The molecule has 0 saturated carbocycles. The van der Waals surface area contributed by atoms with Crippen molar-refractivity contribution >= 4 is 11.8 Å². The van der Waals surface area contributed by atoms with Gasteiger partial charge in [-0.1, -0.05) is 30.3 Å². The molecule has 0 spiro atoms. The van der Waals surface area contributed by atoms with Crippen molar-refractivity contribution in [1.29, 1.82) is 0 Å². The van der Waals surface area contributed by atoms with Gasteiger partial charge in [0.1, 0.15) is 0 Å². The Labute approximate surface area is 137 Å². The van der Waals surface area contributed by atoms with E-state index in [9.17, 15) is 9.59 Å². The van der Waals surface area contributed by atoms with Gasteiger partial charge in [0.05, 0.1) is 5.92 Å². The molecule has 3 rings (SSSR count). The van der Waals surface area contributed by atoms with Gasteiger partial charge in [0.2, 0.25) is 11.8 Å². The van der Waals surface area contributed by atoms with Crippen LogP contribution in [0.1, 0.15) is 24.8 Å². The number of piperidine rings is 1. The average Bonchev–Trinajstić information content (AvgIpc) is 3.02. The Balaban J connectivity index is 1.48. The molecule has 2 saturated heterocycles. The quantitative estimate of drug-likeness (QED) is 0.910. The molecular formula is C18H25N3O2. The molecule has 2 aliphatic rings. The number of rotatable bonds is 4. The molecule has 0 bridgehead atoms. The van der Waals surface area contributed by atoms with Gasteiger partial charge in [-0.2, -0.15) is 0 Å². The van der Waals surface area contributed by atoms with Crippen LogP contribution >= 0.6 is 0 Å². The number of hydrogen-bond donors (Lipinski definition) is 1. The maximum atomic E-state index is 12.5. The van der Waals surface area contributed by atoms with Crippen molar-refractivity contribution in [2.75, 3.05) is 26.7 Å². The summed E-state index contributed by atoms with van der Waals surface area (Å²) in [6.45, 7) is 3.50. The monoisotopic (exact) mass is 315 g/mol. The summed E-state index contributed by atoms with van der Waals surface area (Å²) in [5, 5.41) is 2.75. The van der Waals surface area contributed by atoms with Crippen molar-refractivity contribution in [1.82, 2.24) is 15.1 Å². The lowest BCUT2D eigenvalue weighted by atomic mass is 10.00. The molecule has 23 heavy (non-hydrogen) atoms. The molecule has 1 atom stereocenters. The summed E-state index contributed by atoms with van der Waals surface area (Å²) in [6, 6.07) is 10.8. The standard InChI is InChI=1S/C18H25N3O2/c1-20(18(23)15-11-17(22)19-12-15)16-7-9-21(10-8-16)13-14-5-3-2-4-6-14/h2-6,15-16H,7-13H2,1H3,(H,19,22). The fourth-order valence-corrected chi connectivity index (χ4v) is 3.55. The average molecular weight is 315 g/mol. The number of hydrogen-bond acceptors (Lipinski definition) is 3. The van der Waals surface area contributed by atoms with Gasteiger partial charge in [0.25, 0.3) is 0 Å². The highest BCUT2D eigenvalue weighted by Crippen LogP contribution is 2.21. The first-order chi connectivity index (χ1) is 11.1. The Morgan fingerprint density at radius 2 is 1.96 bits per heavy atom. The summed E-state index contributed by atoms with van der Waals surface area (Å²) < 4.78 is 0. The first-order valence-electron chi connectivity index (χ1n) is 8.43. The maximum Gasteiger partial charge on any atom is 0.227 e. The second-order valence-corrected chi connectivity index (χ2v) is 6.65. The van der Waals surface area contributed by atoms with E-state index in [-0.39, 0.29) is 17.7 Å². The van der Waals surface area contributed by atoms with Crippen LogP contribution in [-0.4, -0.2) is 54.3 Å². The Morgan fingerprint density at radius 1 is 1.26 bits per heavy atom. The molecule has 2 fully saturated rings. The van der Waals surface area contributed by atoms with Gasteiger partial charge in [-0.3, -0.25) is 14.5 Å². The van der Waals surface area contributed by atoms with Crippen LogP contribution in [0.3, 0.4) is 0 Å². The number of carbonyl (C=O) groups is 2. The van der Waals surface area contributed by atoms with E-state index < -0.39 is 0 Å². The maximum absolute atomic E-state index is 12.5. The normalized spacial score (nSPS) is 22.8. The number of carbonyl (C=O) groups excluding carboxylic acids is 2. The van der Waals surface area contributed by atoms with Crippen molar-refractivity contribution in [2.45, 2.75) is 31.8 Å². The van der Waals surface area contributed by atoms with Gasteiger partial charge in [0.15, 0.2) is 0 Å². The van der Waals surface area contributed by atoms with Gasteiger partial charge in [-0.05, 0) is 18.4 Å². The van der Waals surface area contributed by atoms with E-state index in [1.165, 1.54) is 5.56 Å². The summed E-state index contributed by atoms with van der Waals surface area (Å²) >= 11 is 0. The predicted octanol–water partition coefficient (Wildman–Crippen LogP) is 1.25. The molecule has 0 aliphatic carbocycles. The minimum atomic E-state index is -0.171. The molecule has 2 amide bonds. The molecule has 1 aromatic carbocycles. The van der Waals surface area contributed by atoms with Gasteiger partial charge in [-0.15, -0.1) is 0 Å². The summed E-state index contributed by atoms with van der Waals surface area (Å²) in [5.74, 6) is -0.0610. The fourth-order valence-electron chi connectivity index (χ4n) is 3.55. The van der Waals surface area contributed by atoms with Crippen LogP contribution in [0.4, 0.5) is 0 Å². The second-order valence-electron chi connectivity index (χ2n) is 6.65. The number of nitrogens with zero attached hydrogens (tertiary/aromatic N) is 2. The molecule has 5 heteroatoms. The van der Waals surface area contributed by atoms with Crippen LogP contribution in [0.2, 0.25) is 0 Å². The van der Waals surface area contributed by atoms with Gasteiger partial charge >= 0.3 is 0 Å². The van der Waals surface area contributed by atoms with Gasteiger partial charge in [0, 0.05) is 45.7 Å². The van der Waals surface area contributed by atoms with Crippen LogP contribution in [0.5, 0.6) is 0 Å². The molecule has 0 aromatic heterocycles. The fraction of sp³-hybridized carbons (Fsp3) is 0.556. The van der Waals surface area contributed by atoms with Crippen molar-refractivity contribution in [3.8, 4) is 0 Å². The largest absolute Gasteiger partial charge is 0.355 e. The van der Waals surface area contributed by atoms with E-state index in [2.05, 4.69) is 34.5 Å². The first kappa shape index (κ1) is 16.0. The molecule has 2 heterocycles. The Bertz CT molecular complexity index is 553.